The van der Waals surface area contributed by atoms with Crippen LogP contribution < -0.4 is 0 Å². The largest absolute Gasteiger partial charge is 0.354 e. The molecule has 0 fully saturated rings. The third kappa shape index (κ3) is 1.31. The molecular formula is C12H7Cl2N. The maximum absolute atomic E-state index is 6.16. The molecule has 3 aromatic rings. The van der Waals surface area contributed by atoms with E-state index in [2.05, 4.69) is 4.98 Å². The Balaban J connectivity index is 2.59. The fourth-order valence-electron chi connectivity index (χ4n) is 1.89. The highest BCUT2D eigenvalue weighted by atomic mass is 35.5. The van der Waals surface area contributed by atoms with E-state index in [4.69, 9.17) is 23.2 Å². The summed E-state index contributed by atoms with van der Waals surface area (Å²) in [6.07, 6.45) is 0. The zero-order chi connectivity index (χ0) is 10.4. The predicted octanol–water partition coefficient (Wildman–Crippen LogP) is 4.63. The van der Waals surface area contributed by atoms with Gasteiger partial charge in [0.25, 0.3) is 0 Å². The van der Waals surface area contributed by atoms with Crippen LogP contribution in [0.2, 0.25) is 10.0 Å². The Morgan fingerprint density at radius 1 is 0.933 bits per heavy atom. The summed E-state index contributed by atoms with van der Waals surface area (Å²) in [5, 5.41) is 3.66. The fourth-order valence-corrected chi connectivity index (χ4v) is 2.33. The SMILES string of the molecule is Clc1ccc2c(c1)[nH]c1cccc(Cl)c12. The highest BCUT2D eigenvalue weighted by molar-refractivity contribution is 6.38. The molecule has 15 heavy (non-hydrogen) atoms. The van der Waals surface area contributed by atoms with Crippen molar-refractivity contribution in [1.82, 2.24) is 4.98 Å². The summed E-state index contributed by atoms with van der Waals surface area (Å²) in [7, 11) is 0. The van der Waals surface area contributed by atoms with Crippen LogP contribution in [0.3, 0.4) is 0 Å². The van der Waals surface area contributed by atoms with Gasteiger partial charge in [-0.1, -0.05) is 35.3 Å². The van der Waals surface area contributed by atoms with Crippen LogP contribution in [0.15, 0.2) is 36.4 Å². The van der Waals surface area contributed by atoms with Gasteiger partial charge in [0, 0.05) is 26.8 Å². The number of aromatic nitrogens is 1. The lowest BCUT2D eigenvalue weighted by atomic mass is 10.1. The zero-order valence-corrected chi connectivity index (χ0v) is 9.23. The van der Waals surface area contributed by atoms with Gasteiger partial charge in [-0.2, -0.15) is 0 Å². The van der Waals surface area contributed by atoms with Crippen molar-refractivity contribution in [2.75, 3.05) is 0 Å². The molecule has 1 heterocycles. The minimum Gasteiger partial charge on any atom is -0.354 e. The Kier molecular flexibility index (Phi) is 1.91. The molecule has 0 bridgehead atoms. The highest BCUT2D eigenvalue weighted by Gasteiger charge is 2.06. The number of hydrogen-bond donors (Lipinski definition) is 1. The van der Waals surface area contributed by atoms with Crippen LogP contribution in [0.25, 0.3) is 21.8 Å². The smallest absolute Gasteiger partial charge is 0.0506 e. The molecule has 0 amide bonds. The van der Waals surface area contributed by atoms with E-state index in [9.17, 15) is 0 Å². The number of halogens is 2. The number of fused-ring (bicyclic) bond motifs is 3. The van der Waals surface area contributed by atoms with Gasteiger partial charge in [-0.05, 0) is 24.3 Å². The lowest BCUT2D eigenvalue weighted by Crippen LogP contribution is -1.68. The van der Waals surface area contributed by atoms with Gasteiger partial charge in [0.1, 0.15) is 0 Å². The third-order valence-electron chi connectivity index (χ3n) is 2.53. The quantitative estimate of drug-likeness (QED) is 0.585. The molecule has 0 aliphatic heterocycles. The molecule has 0 spiro atoms. The average molecular weight is 236 g/mol. The normalized spacial score (nSPS) is 11.3. The molecule has 1 N–H and O–H groups in total. The van der Waals surface area contributed by atoms with Crippen LogP contribution in [0.1, 0.15) is 0 Å². The standard InChI is InChI=1S/C12H7Cl2N/c13-7-4-5-8-11(6-7)15-10-3-1-2-9(14)12(8)10/h1-6,15H. The fraction of sp³-hybridized carbons (Fsp3) is 0. The van der Waals surface area contributed by atoms with E-state index in [1.807, 2.05) is 36.4 Å². The maximum atomic E-state index is 6.16. The lowest BCUT2D eigenvalue weighted by Gasteiger charge is -1.94. The summed E-state index contributed by atoms with van der Waals surface area (Å²) < 4.78 is 0. The van der Waals surface area contributed by atoms with Gasteiger partial charge in [0.05, 0.1) is 5.02 Å². The van der Waals surface area contributed by atoms with Crippen molar-refractivity contribution in [1.29, 1.82) is 0 Å². The summed E-state index contributed by atoms with van der Waals surface area (Å²) in [6, 6.07) is 11.6. The molecular weight excluding hydrogens is 229 g/mol. The van der Waals surface area contributed by atoms with Crippen LogP contribution in [-0.2, 0) is 0 Å². The first kappa shape index (κ1) is 9.08. The summed E-state index contributed by atoms with van der Waals surface area (Å²) in [4.78, 5) is 3.29. The van der Waals surface area contributed by atoms with E-state index in [-0.39, 0.29) is 0 Å². The number of H-pyrrole nitrogens is 1. The minimum absolute atomic E-state index is 0.727. The van der Waals surface area contributed by atoms with Crippen molar-refractivity contribution < 1.29 is 0 Å². The van der Waals surface area contributed by atoms with Crippen LogP contribution in [-0.4, -0.2) is 4.98 Å². The first-order valence-corrected chi connectivity index (χ1v) is 5.37. The second-order valence-corrected chi connectivity index (χ2v) is 4.32. The van der Waals surface area contributed by atoms with Crippen molar-refractivity contribution in [2.24, 2.45) is 0 Å². The topological polar surface area (TPSA) is 15.8 Å². The summed E-state index contributed by atoms with van der Waals surface area (Å²) in [5.41, 5.74) is 2.06. The van der Waals surface area contributed by atoms with Gasteiger partial charge in [-0.25, -0.2) is 0 Å². The van der Waals surface area contributed by atoms with Crippen molar-refractivity contribution >= 4 is 45.0 Å². The summed E-state index contributed by atoms with van der Waals surface area (Å²) in [6.45, 7) is 0. The molecule has 1 nitrogen and oxygen atoms in total. The third-order valence-corrected chi connectivity index (χ3v) is 3.08. The summed E-state index contributed by atoms with van der Waals surface area (Å²) >= 11 is 12.1. The van der Waals surface area contributed by atoms with Gasteiger partial charge in [-0.3, -0.25) is 0 Å². The Morgan fingerprint density at radius 3 is 2.67 bits per heavy atom. The number of benzene rings is 2. The van der Waals surface area contributed by atoms with Crippen LogP contribution in [0.4, 0.5) is 0 Å². The van der Waals surface area contributed by atoms with Crippen LogP contribution >= 0.6 is 23.2 Å². The second kappa shape index (κ2) is 3.16. The molecule has 0 atom stereocenters. The number of aromatic amines is 1. The van der Waals surface area contributed by atoms with Crippen molar-refractivity contribution in [2.45, 2.75) is 0 Å². The van der Waals surface area contributed by atoms with E-state index in [0.29, 0.717) is 0 Å². The maximum Gasteiger partial charge on any atom is 0.0506 e. The van der Waals surface area contributed by atoms with E-state index in [1.54, 1.807) is 0 Å². The molecule has 2 aromatic carbocycles. The van der Waals surface area contributed by atoms with Crippen LogP contribution in [0.5, 0.6) is 0 Å². The van der Waals surface area contributed by atoms with Gasteiger partial charge in [-0.15, -0.1) is 0 Å². The lowest BCUT2D eigenvalue weighted by molar-refractivity contribution is 1.55. The first-order chi connectivity index (χ1) is 7.25. The molecule has 3 heteroatoms. The number of rotatable bonds is 0. The molecule has 0 aliphatic carbocycles. The Bertz CT molecular complexity index is 655. The van der Waals surface area contributed by atoms with Gasteiger partial charge >= 0.3 is 0 Å². The van der Waals surface area contributed by atoms with Crippen molar-refractivity contribution in [3.8, 4) is 0 Å². The molecule has 0 saturated carbocycles. The van der Waals surface area contributed by atoms with E-state index >= 15 is 0 Å². The molecule has 0 unspecified atom stereocenters. The van der Waals surface area contributed by atoms with E-state index in [1.165, 1.54) is 0 Å². The van der Waals surface area contributed by atoms with E-state index in [0.717, 1.165) is 31.9 Å². The van der Waals surface area contributed by atoms with E-state index < -0.39 is 0 Å². The molecule has 1 aromatic heterocycles. The Labute approximate surface area is 96.6 Å². The molecule has 0 saturated heterocycles. The van der Waals surface area contributed by atoms with Gasteiger partial charge in [0.2, 0.25) is 0 Å². The monoisotopic (exact) mass is 235 g/mol. The minimum atomic E-state index is 0.727. The van der Waals surface area contributed by atoms with Crippen molar-refractivity contribution in [3.05, 3.63) is 46.4 Å². The Morgan fingerprint density at radius 2 is 1.80 bits per heavy atom. The first-order valence-electron chi connectivity index (χ1n) is 4.61. The van der Waals surface area contributed by atoms with Gasteiger partial charge in [0.15, 0.2) is 0 Å². The molecule has 0 radical (unpaired) electrons. The van der Waals surface area contributed by atoms with Gasteiger partial charge < -0.3 is 4.98 Å². The van der Waals surface area contributed by atoms with Crippen LogP contribution in [0, 0.1) is 0 Å². The van der Waals surface area contributed by atoms with Crippen molar-refractivity contribution in [3.63, 3.8) is 0 Å². The average Bonchev–Trinajstić information content (AvgIpc) is 2.56. The number of nitrogens with one attached hydrogen (secondary N) is 1. The Hall–Kier alpha value is -1.18. The summed E-state index contributed by atoms with van der Waals surface area (Å²) in [5.74, 6) is 0. The predicted molar refractivity (Wildman–Crippen MR) is 65.8 cm³/mol. The molecule has 74 valence electrons. The second-order valence-electron chi connectivity index (χ2n) is 3.48. The molecule has 0 aliphatic rings. The highest BCUT2D eigenvalue weighted by Crippen LogP contribution is 2.32. The zero-order valence-electron chi connectivity index (χ0n) is 7.72. The number of hydrogen-bond acceptors (Lipinski definition) is 0. The molecule has 3 rings (SSSR count).